The van der Waals surface area contributed by atoms with Gasteiger partial charge in [0.25, 0.3) is 0 Å². The largest absolute Gasteiger partial charge is 0.461 e. The van der Waals surface area contributed by atoms with Crippen molar-refractivity contribution in [2.24, 2.45) is 0 Å². The molecule has 2 unspecified atom stereocenters. The number of furan rings is 1. The van der Waals surface area contributed by atoms with Crippen LogP contribution in [-0.4, -0.2) is 23.2 Å². The molecule has 18 heavy (non-hydrogen) atoms. The second-order valence-corrected chi connectivity index (χ2v) is 4.72. The van der Waals surface area contributed by atoms with Crippen LogP contribution in [0, 0.1) is 0 Å². The molecular weight excluding hydrogens is 230 g/mol. The second kappa shape index (κ2) is 4.94. The highest BCUT2D eigenvalue weighted by molar-refractivity contribution is 5.44. The average Bonchev–Trinajstić information content (AvgIpc) is 3.09. The van der Waals surface area contributed by atoms with Gasteiger partial charge in [0.15, 0.2) is 5.76 Å². The Hall–Kier alpha value is -1.62. The molecule has 2 atom stereocenters. The van der Waals surface area contributed by atoms with E-state index in [4.69, 9.17) is 8.94 Å². The number of aromatic nitrogens is 2. The van der Waals surface area contributed by atoms with E-state index in [1.165, 1.54) is 19.3 Å². The van der Waals surface area contributed by atoms with Crippen molar-refractivity contribution in [3.63, 3.8) is 0 Å². The van der Waals surface area contributed by atoms with Crippen molar-refractivity contribution in [1.82, 2.24) is 15.5 Å². The zero-order chi connectivity index (χ0) is 12.4. The van der Waals surface area contributed by atoms with Gasteiger partial charge in [0.05, 0.1) is 12.2 Å². The van der Waals surface area contributed by atoms with E-state index in [9.17, 15) is 0 Å². The SMILES string of the molecule is CNC1CCCCC1c1nc(-c2ccco2)no1. The van der Waals surface area contributed by atoms with E-state index in [1.54, 1.807) is 6.26 Å². The van der Waals surface area contributed by atoms with Gasteiger partial charge in [-0.3, -0.25) is 0 Å². The van der Waals surface area contributed by atoms with Gasteiger partial charge in [0.2, 0.25) is 11.7 Å². The van der Waals surface area contributed by atoms with Crippen LogP contribution >= 0.6 is 0 Å². The fraction of sp³-hybridized carbons (Fsp3) is 0.538. The molecule has 0 radical (unpaired) electrons. The minimum Gasteiger partial charge on any atom is -0.461 e. The topological polar surface area (TPSA) is 64.1 Å². The minimum atomic E-state index is 0.319. The molecular formula is C13H17N3O2. The van der Waals surface area contributed by atoms with Gasteiger partial charge < -0.3 is 14.3 Å². The van der Waals surface area contributed by atoms with Gasteiger partial charge in [-0.15, -0.1) is 0 Å². The molecule has 0 bridgehead atoms. The van der Waals surface area contributed by atoms with E-state index in [1.807, 2.05) is 19.2 Å². The van der Waals surface area contributed by atoms with Crippen LogP contribution in [0.2, 0.25) is 0 Å². The summed E-state index contributed by atoms with van der Waals surface area (Å²) in [6, 6.07) is 4.09. The molecule has 5 heteroatoms. The predicted molar refractivity (Wildman–Crippen MR) is 66.1 cm³/mol. The zero-order valence-electron chi connectivity index (χ0n) is 10.4. The monoisotopic (exact) mass is 247 g/mol. The van der Waals surface area contributed by atoms with Gasteiger partial charge in [-0.2, -0.15) is 4.98 Å². The highest BCUT2D eigenvalue weighted by atomic mass is 16.5. The summed E-state index contributed by atoms with van der Waals surface area (Å²) < 4.78 is 10.7. The normalized spacial score (nSPS) is 24.3. The maximum absolute atomic E-state index is 5.40. The van der Waals surface area contributed by atoms with E-state index in [2.05, 4.69) is 15.5 Å². The Balaban J connectivity index is 1.84. The third-order valence-corrected chi connectivity index (χ3v) is 3.64. The number of nitrogens with zero attached hydrogens (tertiary/aromatic N) is 2. The van der Waals surface area contributed by atoms with Crippen molar-refractivity contribution in [1.29, 1.82) is 0 Å². The molecule has 1 aliphatic carbocycles. The third kappa shape index (κ3) is 2.06. The Morgan fingerprint density at radius 1 is 1.33 bits per heavy atom. The van der Waals surface area contributed by atoms with Crippen molar-refractivity contribution in [2.45, 2.75) is 37.6 Å². The lowest BCUT2D eigenvalue weighted by Gasteiger charge is -2.28. The first kappa shape index (κ1) is 11.5. The summed E-state index contributed by atoms with van der Waals surface area (Å²) in [6.45, 7) is 0. The molecule has 1 saturated carbocycles. The first-order valence-electron chi connectivity index (χ1n) is 6.43. The molecule has 0 aromatic carbocycles. The summed E-state index contributed by atoms with van der Waals surface area (Å²) in [7, 11) is 1.99. The highest BCUT2D eigenvalue weighted by Crippen LogP contribution is 2.32. The number of likely N-dealkylation sites (N-methyl/N-ethyl adjacent to an activating group) is 1. The van der Waals surface area contributed by atoms with E-state index >= 15 is 0 Å². The summed E-state index contributed by atoms with van der Waals surface area (Å²) in [5.74, 6) is 2.23. The van der Waals surface area contributed by atoms with E-state index < -0.39 is 0 Å². The molecule has 3 rings (SSSR count). The maximum Gasteiger partial charge on any atom is 0.238 e. The molecule has 2 heterocycles. The summed E-state index contributed by atoms with van der Waals surface area (Å²) in [5, 5.41) is 7.34. The second-order valence-electron chi connectivity index (χ2n) is 4.72. The van der Waals surface area contributed by atoms with Gasteiger partial charge in [-0.05, 0) is 32.0 Å². The smallest absolute Gasteiger partial charge is 0.238 e. The summed E-state index contributed by atoms with van der Waals surface area (Å²) in [5.41, 5.74) is 0. The Bertz CT molecular complexity index is 492. The number of nitrogens with one attached hydrogen (secondary N) is 1. The van der Waals surface area contributed by atoms with Gasteiger partial charge >= 0.3 is 0 Å². The molecule has 0 saturated heterocycles. The Morgan fingerprint density at radius 2 is 2.22 bits per heavy atom. The predicted octanol–water partition coefficient (Wildman–Crippen LogP) is 2.58. The quantitative estimate of drug-likeness (QED) is 0.903. The molecule has 5 nitrogen and oxygen atoms in total. The molecule has 1 N–H and O–H groups in total. The van der Waals surface area contributed by atoms with Crippen LogP contribution in [0.15, 0.2) is 27.3 Å². The van der Waals surface area contributed by atoms with Crippen LogP contribution in [0.25, 0.3) is 11.6 Å². The van der Waals surface area contributed by atoms with Crippen LogP contribution in [-0.2, 0) is 0 Å². The maximum atomic E-state index is 5.40. The molecule has 0 spiro atoms. The summed E-state index contributed by atoms with van der Waals surface area (Å²) in [4.78, 5) is 4.46. The lowest BCUT2D eigenvalue weighted by Crippen LogP contribution is -2.34. The number of hydrogen-bond acceptors (Lipinski definition) is 5. The van der Waals surface area contributed by atoms with Gasteiger partial charge in [0.1, 0.15) is 0 Å². The van der Waals surface area contributed by atoms with Crippen LogP contribution in [0.4, 0.5) is 0 Å². The van der Waals surface area contributed by atoms with E-state index in [-0.39, 0.29) is 0 Å². The fourth-order valence-corrected chi connectivity index (χ4v) is 2.66. The van der Waals surface area contributed by atoms with Crippen LogP contribution in [0.5, 0.6) is 0 Å². The summed E-state index contributed by atoms with van der Waals surface area (Å²) in [6.07, 6.45) is 6.37. The van der Waals surface area contributed by atoms with Gasteiger partial charge in [-0.1, -0.05) is 18.0 Å². The van der Waals surface area contributed by atoms with Crippen molar-refractivity contribution < 1.29 is 8.94 Å². The van der Waals surface area contributed by atoms with Crippen molar-refractivity contribution in [2.75, 3.05) is 7.05 Å². The molecule has 2 aromatic heterocycles. The molecule has 2 aromatic rings. The van der Waals surface area contributed by atoms with Gasteiger partial charge in [0, 0.05) is 6.04 Å². The van der Waals surface area contributed by atoms with Crippen LogP contribution < -0.4 is 5.32 Å². The first-order valence-corrected chi connectivity index (χ1v) is 6.43. The average molecular weight is 247 g/mol. The molecule has 0 amide bonds. The van der Waals surface area contributed by atoms with Crippen molar-refractivity contribution in [3.05, 3.63) is 24.3 Å². The fourth-order valence-electron chi connectivity index (χ4n) is 2.66. The molecule has 0 aliphatic heterocycles. The molecule has 1 fully saturated rings. The minimum absolute atomic E-state index is 0.319. The third-order valence-electron chi connectivity index (χ3n) is 3.64. The molecule has 96 valence electrons. The highest BCUT2D eigenvalue weighted by Gasteiger charge is 2.30. The van der Waals surface area contributed by atoms with E-state index in [0.29, 0.717) is 23.5 Å². The number of rotatable bonds is 3. The summed E-state index contributed by atoms with van der Waals surface area (Å²) >= 11 is 0. The first-order chi connectivity index (χ1) is 8.88. The Kier molecular flexibility index (Phi) is 3.15. The zero-order valence-corrected chi connectivity index (χ0v) is 10.4. The van der Waals surface area contributed by atoms with Gasteiger partial charge in [-0.25, -0.2) is 0 Å². The van der Waals surface area contributed by atoms with Crippen molar-refractivity contribution >= 4 is 0 Å². The Morgan fingerprint density at radius 3 is 3.00 bits per heavy atom. The van der Waals surface area contributed by atoms with Crippen LogP contribution in [0.3, 0.4) is 0 Å². The Labute approximate surface area is 106 Å². The van der Waals surface area contributed by atoms with Crippen molar-refractivity contribution in [3.8, 4) is 11.6 Å². The standard InChI is InChI=1S/C13H17N3O2/c1-14-10-6-3-2-5-9(10)13-15-12(16-18-13)11-7-4-8-17-11/h4,7-10,14H,2-3,5-6H2,1H3. The lowest BCUT2D eigenvalue weighted by atomic mass is 9.84. The van der Waals surface area contributed by atoms with Crippen LogP contribution in [0.1, 0.15) is 37.5 Å². The van der Waals surface area contributed by atoms with E-state index in [0.717, 1.165) is 12.3 Å². The molecule has 1 aliphatic rings. The number of hydrogen-bond donors (Lipinski definition) is 1. The lowest BCUT2D eigenvalue weighted by molar-refractivity contribution is 0.270.